The molecule has 4 heterocycles. The summed E-state index contributed by atoms with van der Waals surface area (Å²) in [5, 5.41) is 8.36. The number of fused-ring (bicyclic) bond motifs is 1. The van der Waals surface area contributed by atoms with Crippen LogP contribution in [0.25, 0.3) is 5.52 Å². The standard InChI is InChI=1S/C16H21N7O2/c1-12-9-13-16(17-3-4-23(13)19-12)22-7-5-21(6-8-22)10-15-18-14(11-24-2)20-25-15/h3-4,9H,5-8,10-11H2,1-2H3. The molecule has 3 aromatic rings. The first kappa shape index (κ1) is 16.0. The Morgan fingerprint density at radius 1 is 1.24 bits per heavy atom. The van der Waals surface area contributed by atoms with Gasteiger partial charge in [-0.25, -0.2) is 9.50 Å². The summed E-state index contributed by atoms with van der Waals surface area (Å²) in [6.45, 7) is 6.66. The highest BCUT2D eigenvalue weighted by Gasteiger charge is 2.22. The summed E-state index contributed by atoms with van der Waals surface area (Å²) in [6, 6.07) is 2.07. The monoisotopic (exact) mass is 343 g/mol. The number of hydrogen-bond acceptors (Lipinski definition) is 8. The molecule has 1 aliphatic rings. The number of aromatic nitrogens is 5. The summed E-state index contributed by atoms with van der Waals surface area (Å²) in [6.07, 6.45) is 3.69. The van der Waals surface area contributed by atoms with Crippen LogP contribution in [0, 0.1) is 6.92 Å². The average molecular weight is 343 g/mol. The van der Waals surface area contributed by atoms with Crippen molar-refractivity contribution in [1.82, 2.24) is 29.6 Å². The molecule has 0 aliphatic carbocycles. The van der Waals surface area contributed by atoms with Crippen LogP contribution in [-0.2, 0) is 17.9 Å². The van der Waals surface area contributed by atoms with Crippen LogP contribution in [0.3, 0.4) is 0 Å². The van der Waals surface area contributed by atoms with Crippen LogP contribution in [0.15, 0.2) is 23.0 Å². The van der Waals surface area contributed by atoms with Gasteiger partial charge in [0.25, 0.3) is 0 Å². The Hall–Kier alpha value is -2.52. The lowest BCUT2D eigenvalue weighted by Gasteiger charge is -2.34. The van der Waals surface area contributed by atoms with Crippen LogP contribution in [0.2, 0.25) is 0 Å². The van der Waals surface area contributed by atoms with Gasteiger partial charge < -0.3 is 14.2 Å². The normalized spacial score (nSPS) is 16.0. The zero-order chi connectivity index (χ0) is 17.2. The first-order valence-corrected chi connectivity index (χ1v) is 8.31. The van der Waals surface area contributed by atoms with Gasteiger partial charge in [0, 0.05) is 45.7 Å². The summed E-state index contributed by atoms with van der Waals surface area (Å²) >= 11 is 0. The van der Waals surface area contributed by atoms with Crippen LogP contribution >= 0.6 is 0 Å². The number of aryl methyl sites for hydroxylation is 1. The third-order valence-corrected chi connectivity index (χ3v) is 4.31. The molecule has 1 aliphatic heterocycles. The van der Waals surface area contributed by atoms with Gasteiger partial charge in [-0.3, -0.25) is 4.90 Å². The Bertz CT molecular complexity index is 851. The largest absolute Gasteiger partial charge is 0.377 e. The van der Waals surface area contributed by atoms with E-state index in [-0.39, 0.29) is 0 Å². The van der Waals surface area contributed by atoms with Crippen molar-refractivity contribution in [3.05, 3.63) is 35.9 Å². The third-order valence-electron chi connectivity index (χ3n) is 4.31. The van der Waals surface area contributed by atoms with Crippen molar-refractivity contribution in [1.29, 1.82) is 0 Å². The average Bonchev–Trinajstić information content (AvgIpc) is 3.21. The second-order valence-corrected chi connectivity index (χ2v) is 6.17. The molecule has 132 valence electrons. The van der Waals surface area contributed by atoms with Gasteiger partial charge in [0.2, 0.25) is 5.89 Å². The van der Waals surface area contributed by atoms with Crippen molar-refractivity contribution in [2.24, 2.45) is 0 Å². The first-order valence-electron chi connectivity index (χ1n) is 8.31. The molecule has 0 N–H and O–H groups in total. The second-order valence-electron chi connectivity index (χ2n) is 6.17. The highest BCUT2D eigenvalue weighted by atomic mass is 16.5. The topological polar surface area (TPSA) is 84.8 Å². The Morgan fingerprint density at radius 3 is 2.88 bits per heavy atom. The molecule has 4 rings (SSSR count). The Labute approximate surface area is 145 Å². The molecule has 0 amide bonds. The summed E-state index contributed by atoms with van der Waals surface area (Å²) in [5.41, 5.74) is 2.05. The van der Waals surface area contributed by atoms with E-state index in [1.807, 2.05) is 17.6 Å². The van der Waals surface area contributed by atoms with E-state index >= 15 is 0 Å². The molecule has 0 atom stereocenters. The third kappa shape index (κ3) is 3.33. The molecule has 9 nitrogen and oxygen atoms in total. The van der Waals surface area contributed by atoms with Gasteiger partial charge in [-0.05, 0) is 13.0 Å². The van der Waals surface area contributed by atoms with Crippen molar-refractivity contribution in [3.63, 3.8) is 0 Å². The van der Waals surface area contributed by atoms with Gasteiger partial charge in [-0.2, -0.15) is 10.1 Å². The van der Waals surface area contributed by atoms with E-state index in [1.54, 1.807) is 13.3 Å². The van der Waals surface area contributed by atoms with E-state index in [0.717, 1.165) is 43.2 Å². The second kappa shape index (κ2) is 6.77. The SMILES string of the molecule is COCc1noc(CN2CCN(c3nccn4nc(C)cc34)CC2)n1. The van der Waals surface area contributed by atoms with E-state index in [1.165, 1.54) is 0 Å². The van der Waals surface area contributed by atoms with Crippen molar-refractivity contribution >= 4 is 11.3 Å². The number of ether oxygens (including phenoxy) is 1. The molecule has 9 heteroatoms. The zero-order valence-corrected chi connectivity index (χ0v) is 14.4. The summed E-state index contributed by atoms with van der Waals surface area (Å²) in [4.78, 5) is 13.5. The van der Waals surface area contributed by atoms with Gasteiger partial charge in [-0.1, -0.05) is 5.16 Å². The fourth-order valence-electron chi connectivity index (χ4n) is 3.13. The molecule has 0 saturated carbocycles. The van der Waals surface area contributed by atoms with Gasteiger partial charge >= 0.3 is 0 Å². The quantitative estimate of drug-likeness (QED) is 0.675. The first-order chi connectivity index (χ1) is 12.2. The number of methoxy groups -OCH3 is 1. The molecule has 0 aromatic carbocycles. The molecule has 1 fully saturated rings. The molecule has 0 spiro atoms. The van der Waals surface area contributed by atoms with E-state index < -0.39 is 0 Å². The van der Waals surface area contributed by atoms with Crippen LogP contribution in [0.5, 0.6) is 0 Å². The number of rotatable bonds is 5. The van der Waals surface area contributed by atoms with Crippen molar-refractivity contribution in [2.45, 2.75) is 20.1 Å². The minimum atomic E-state index is 0.373. The fraction of sp³-hybridized carbons (Fsp3) is 0.500. The minimum Gasteiger partial charge on any atom is -0.377 e. The molecule has 3 aromatic heterocycles. The Kier molecular flexibility index (Phi) is 4.33. The molecule has 0 unspecified atom stereocenters. The van der Waals surface area contributed by atoms with Crippen LogP contribution < -0.4 is 4.90 Å². The molecule has 1 saturated heterocycles. The summed E-state index contributed by atoms with van der Waals surface area (Å²) < 4.78 is 12.2. The van der Waals surface area contributed by atoms with E-state index in [0.29, 0.717) is 24.9 Å². The van der Waals surface area contributed by atoms with Crippen molar-refractivity contribution < 1.29 is 9.26 Å². The van der Waals surface area contributed by atoms with Crippen LogP contribution in [-0.4, -0.2) is 62.9 Å². The van der Waals surface area contributed by atoms with Gasteiger partial charge in [-0.15, -0.1) is 0 Å². The minimum absolute atomic E-state index is 0.373. The Balaban J connectivity index is 1.40. The maximum Gasteiger partial charge on any atom is 0.240 e. The fourth-order valence-corrected chi connectivity index (χ4v) is 3.13. The number of nitrogens with zero attached hydrogens (tertiary/aromatic N) is 7. The summed E-state index contributed by atoms with van der Waals surface area (Å²) in [5.74, 6) is 2.21. The van der Waals surface area contributed by atoms with Crippen LogP contribution in [0.4, 0.5) is 5.82 Å². The predicted octanol–water partition coefficient (Wildman–Crippen LogP) is 0.889. The molecular formula is C16H21N7O2. The number of hydrogen-bond donors (Lipinski definition) is 0. The molecular weight excluding hydrogens is 322 g/mol. The zero-order valence-electron chi connectivity index (χ0n) is 14.4. The highest BCUT2D eigenvalue weighted by molar-refractivity contribution is 5.69. The lowest BCUT2D eigenvalue weighted by Crippen LogP contribution is -2.46. The van der Waals surface area contributed by atoms with E-state index in [9.17, 15) is 0 Å². The number of piperazine rings is 1. The van der Waals surface area contributed by atoms with Gasteiger partial charge in [0.15, 0.2) is 11.6 Å². The van der Waals surface area contributed by atoms with E-state index in [4.69, 9.17) is 9.26 Å². The Morgan fingerprint density at radius 2 is 2.08 bits per heavy atom. The maximum absolute atomic E-state index is 5.27. The van der Waals surface area contributed by atoms with Gasteiger partial charge in [0.05, 0.1) is 12.2 Å². The smallest absolute Gasteiger partial charge is 0.240 e. The van der Waals surface area contributed by atoms with Crippen LogP contribution in [0.1, 0.15) is 17.4 Å². The lowest BCUT2D eigenvalue weighted by molar-refractivity contribution is 0.174. The maximum atomic E-state index is 5.27. The van der Waals surface area contributed by atoms with E-state index in [2.05, 4.69) is 36.1 Å². The van der Waals surface area contributed by atoms with Crippen molar-refractivity contribution in [3.8, 4) is 0 Å². The number of anilines is 1. The van der Waals surface area contributed by atoms with Gasteiger partial charge in [0.1, 0.15) is 12.1 Å². The summed E-state index contributed by atoms with van der Waals surface area (Å²) in [7, 11) is 1.62. The lowest BCUT2D eigenvalue weighted by atomic mass is 10.3. The molecule has 0 radical (unpaired) electrons. The highest BCUT2D eigenvalue weighted by Crippen LogP contribution is 2.21. The van der Waals surface area contributed by atoms with Crippen molar-refractivity contribution in [2.75, 3.05) is 38.2 Å². The molecule has 25 heavy (non-hydrogen) atoms. The predicted molar refractivity (Wildman–Crippen MR) is 90.2 cm³/mol. The molecule has 0 bridgehead atoms.